The molecule has 206 valence electrons. The molecule has 5 rings (SSSR count). The molecule has 0 aromatic heterocycles. The molecule has 1 fully saturated rings. The lowest BCUT2D eigenvalue weighted by atomic mass is 9.91. The fraction of sp³-hybridized carbons (Fsp3) is 0.242. The number of hydrogen-bond acceptors (Lipinski definition) is 3. The van der Waals surface area contributed by atoms with Crippen molar-refractivity contribution in [3.63, 3.8) is 0 Å². The molecule has 1 heterocycles. The van der Waals surface area contributed by atoms with Gasteiger partial charge in [0.15, 0.2) is 0 Å². The highest BCUT2D eigenvalue weighted by Gasteiger charge is 2.52. The first-order valence-electron chi connectivity index (χ1n) is 13.4. The summed E-state index contributed by atoms with van der Waals surface area (Å²) in [5, 5.41) is 20.1. The molecule has 1 saturated heterocycles. The van der Waals surface area contributed by atoms with Gasteiger partial charge in [-0.05, 0) is 46.5 Å². The second-order valence-corrected chi connectivity index (χ2v) is 10.3. The molecule has 4 aromatic rings. The van der Waals surface area contributed by atoms with Gasteiger partial charge >= 0.3 is 6.03 Å². The van der Waals surface area contributed by atoms with E-state index in [4.69, 9.17) is 0 Å². The van der Waals surface area contributed by atoms with E-state index in [1.807, 2.05) is 60.7 Å². The average molecular weight is 543 g/mol. The zero-order valence-electron chi connectivity index (χ0n) is 22.0. The molecular formula is C33H32F2N2O3. The first-order chi connectivity index (χ1) is 19.4. The van der Waals surface area contributed by atoms with Crippen LogP contribution >= 0.6 is 0 Å². The van der Waals surface area contributed by atoms with Crippen LogP contribution < -0.4 is 0 Å². The summed E-state index contributed by atoms with van der Waals surface area (Å²) >= 11 is 0. The summed E-state index contributed by atoms with van der Waals surface area (Å²) in [6.45, 7) is 0.0242. The Labute approximate surface area is 232 Å². The van der Waals surface area contributed by atoms with Crippen molar-refractivity contribution in [1.29, 1.82) is 0 Å². The van der Waals surface area contributed by atoms with Crippen LogP contribution in [0.1, 0.15) is 22.3 Å². The van der Waals surface area contributed by atoms with E-state index in [9.17, 15) is 15.0 Å². The second-order valence-electron chi connectivity index (χ2n) is 10.3. The number of amides is 2. The predicted octanol–water partition coefficient (Wildman–Crippen LogP) is 6.43. The Morgan fingerprint density at radius 3 is 1.32 bits per heavy atom. The maximum atomic E-state index is 16.4. The van der Waals surface area contributed by atoms with E-state index in [0.29, 0.717) is 11.1 Å². The van der Waals surface area contributed by atoms with Crippen LogP contribution in [0.2, 0.25) is 0 Å². The van der Waals surface area contributed by atoms with Gasteiger partial charge in [0, 0.05) is 25.9 Å². The highest BCUT2D eigenvalue weighted by Crippen LogP contribution is 2.36. The standard InChI is InChI=1S/C33H32F2N2O3/c34-29(19-23-9-3-1-4-10-23)31-32(30(35)20-24-11-5-2-6-12-24)37(22-26-14-8-16-28(39)18-26)33(40)36(31)21-25-13-7-15-27(38)17-25/h1-18,29-32,38-39H,19-22H2/t29-,30-,31+,32+/m0/s1. The maximum absolute atomic E-state index is 16.4. The van der Waals surface area contributed by atoms with Crippen LogP contribution in [0.5, 0.6) is 11.5 Å². The van der Waals surface area contributed by atoms with Crippen molar-refractivity contribution < 1.29 is 23.8 Å². The van der Waals surface area contributed by atoms with Gasteiger partial charge in [-0.3, -0.25) is 0 Å². The van der Waals surface area contributed by atoms with Crippen LogP contribution in [0.3, 0.4) is 0 Å². The summed E-state index contributed by atoms with van der Waals surface area (Å²) in [5.41, 5.74) is 2.73. The van der Waals surface area contributed by atoms with Crippen LogP contribution in [-0.2, 0) is 25.9 Å². The Morgan fingerprint density at radius 2 is 0.950 bits per heavy atom. The van der Waals surface area contributed by atoms with Gasteiger partial charge in [-0.25, -0.2) is 13.6 Å². The van der Waals surface area contributed by atoms with E-state index in [-0.39, 0.29) is 37.4 Å². The summed E-state index contributed by atoms with van der Waals surface area (Å²) in [5.74, 6) is 0.0600. The molecule has 0 unspecified atom stereocenters. The molecule has 4 atom stereocenters. The summed E-state index contributed by atoms with van der Waals surface area (Å²) in [6.07, 6.45) is -3.08. The van der Waals surface area contributed by atoms with Gasteiger partial charge < -0.3 is 20.0 Å². The van der Waals surface area contributed by atoms with Crippen molar-refractivity contribution in [3.05, 3.63) is 131 Å². The number of aromatic hydroxyl groups is 2. The Hall–Kier alpha value is -4.39. The summed E-state index contributed by atoms with van der Waals surface area (Å²) < 4.78 is 32.9. The first kappa shape index (κ1) is 27.2. The molecule has 0 bridgehead atoms. The maximum Gasteiger partial charge on any atom is 0.321 e. The van der Waals surface area contributed by atoms with Gasteiger partial charge in [0.2, 0.25) is 0 Å². The number of urea groups is 1. The molecule has 7 heteroatoms. The van der Waals surface area contributed by atoms with Crippen molar-refractivity contribution in [1.82, 2.24) is 9.80 Å². The Balaban J connectivity index is 1.54. The number of phenols is 2. The van der Waals surface area contributed by atoms with Crippen LogP contribution in [0, 0.1) is 0 Å². The van der Waals surface area contributed by atoms with E-state index < -0.39 is 30.5 Å². The SMILES string of the molecule is O=C1N(Cc2cccc(O)c2)[C@H]([C@@H](F)Cc2ccccc2)[C@@H]([C@@H](F)Cc2ccccc2)N1Cc1cccc(O)c1. The lowest BCUT2D eigenvalue weighted by Crippen LogP contribution is -2.50. The van der Waals surface area contributed by atoms with Crippen molar-refractivity contribution in [2.75, 3.05) is 0 Å². The number of rotatable bonds is 10. The van der Waals surface area contributed by atoms with E-state index in [1.54, 1.807) is 24.3 Å². The van der Waals surface area contributed by atoms with Crippen molar-refractivity contribution in [2.45, 2.75) is 50.4 Å². The number of benzene rings is 4. The molecule has 1 aliphatic rings. The molecule has 4 aromatic carbocycles. The van der Waals surface area contributed by atoms with E-state index in [0.717, 1.165) is 11.1 Å². The van der Waals surface area contributed by atoms with Gasteiger partial charge in [0.25, 0.3) is 0 Å². The van der Waals surface area contributed by atoms with Crippen molar-refractivity contribution >= 4 is 6.03 Å². The third-order valence-electron chi connectivity index (χ3n) is 7.38. The molecule has 5 nitrogen and oxygen atoms in total. The summed E-state index contributed by atoms with van der Waals surface area (Å²) in [6, 6.07) is 28.5. The number of alkyl halides is 2. The van der Waals surface area contributed by atoms with E-state index in [1.165, 1.54) is 34.1 Å². The first-order valence-corrected chi connectivity index (χ1v) is 13.4. The molecule has 1 aliphatic heterocycles. The van der Waals surface area contributed by atoms with Crippen LogP contribution in [-0.4, -0.2) is 50.5 Å². The number of carbonyl (C=O) groups is 1. The zero-order chi connectivity index (χ0) is 28.1. The molecule has 0 spiro atoms. The Morgan fingerprint density at radius 1 is 0.575 bits per heavy atom. The molecule has 2 amide bonds. The molecule has 2 N–H and O–H groups in total. The number of halogens is 2. The topological polar surface area (TPSA) is 64.0 Å². The van der Waals surface area contributed by atoms with Crippen molar-refractivity contribution in [2.24, 2.45) is 0 Å². The predicted molar refractivity (Wildman–Crippen MR) is 150 cm³/mol. The lowest BCUT2D eigenvalue weighted by molar-refractivity contribution is 0.0905. The summed E-state index contributed by atoms with van der Waals surface area (Å²) in [4.78, 5) is 16.8. The van der Waals surface area contributed by atoms with Gasteiger partial charge in [-0.15, -0.1) is 0 Å². The minimum atomic E-state index is -1.56. The Bertz CT molecular complexity index is 1310. The minimum Gasteiger partial charge on any atom is -0.508 e. The molecule has 40 heavy (non-hydrogen) atoms. The number of nitrogens with zero attached hydrogens (tertiary/aromatic N) is 2. The molecular weight excluding hydrogens is 510 g/mol. The highest BCUT2D eigenvalue weighted by atomic mass is 19.1. The zero-order valence-corrected chi connectivity index (χ0v) is 22.0. The lowest BCUT2D eigenvalue weighted by Gasteiger charge is -2.33. The highest BCUT2D eigenvalue weighted by molar-refractivity contribution is 5.78. The number of hydrogen-bond donors (Lipinski definition) is 2. The molecule has 0 aliphatic carbocycles. The average Bonchev–Trinajstić information content (AvgIpc) is 3.21. The van der Waals surface area contributed by atoms with Crippen molar-refractivity contribution in [3.8, 4) is 11.5 Å². The monoisotopic (exact) mass is 542 g/mol. The number of phenolic OH excluding ortho intramolecular Hbond substituents is 2. The largest absolute Gasteiger partial charge is 0.508 e. The van der Waals surface area contributed by atoms with Gasteiger partial charge in [-0.1, -0.05) is 84.9 Å². The normalized spacial score (nSPS) is 18.6. The minimum absolute atomic E-state index is 0.0121. The quantitative estimate of drug-likeness (QED) is 0.243. The Kier molecular flexibility index (Phi) is 8.29. The fourth-order valence-electron chi connectivity index (χ4n) is 5.58. The van der Waals surface area contributed by atoms with Crippen LogP contribution in [0.25, 0.3) is 0 Å². The summed E-state index contributed by atoms with van der Waals surface area (Å²) in [7, 11) is 0. The van der Waals surface area contributed by atoms with Crippen LogP contribution in [0.15, 0.2) is 109 Å². The second kappa shape index (κ2) is 12.2. The van der Waals surface area contributed by atoms with Crippen LogP contribution in [0.4, 0.5) is 13.6 Å². The fourth-order valence-corrected chi connectivity index (χ4v) is 5.58. The van der Waals surface area contributed by atoms with Gasteiger partial charge in [-0.2, -0.15) is 0 Å². The smallest absolute Gasteiger partial charge is 0.321 e. The molecule has 0 saturated carbocycles. The van der Waals surface area contributed by atoms with E-state index >= 15 is 8.78 Å². The van der Waals surface area contributed by atoms with E-state index in [2.05, 4.69) is 0 Å². The van der Waals surface area contributed by atoms with Gasteiger partial charge in [0.05, 0.1) is 12.1 Å². The third kappa shape index (κ3) is 6.25. The van der Waals surface area contributed by atoms with Gasteiger partial charge in [0.1, 0.15) is 23.8 Å². The molecule has 0 radical (unpaired) electrons. The number of carbonyl (C=O) groups excluding carboxylic acids is 1. The third-order valence-corrected chi connectivity index (χ3v) is 7.38.